The van der Waals surface area contributed by atoms with Gasteiger partial charge < -0.3 is 10.0 Å². The number of phenols is 1. The van der Waals surface area contributed by atoms with Crippen LogP contribution in [0.15, 0.2) is 54.1 Å². The van der Waals surface area contributed by atoms with Crippen LogP contribution in [0.25, 0.3) is 0 Å². The minimum Gasteiger partial charge on any atom is -0.508 e. The van der Waals surface area contributed by atoms with Crippen LogP contribution in [-0.2, 0) is 16.6 Å². The largest absolute Gasteiger partial charge is 0.508 e. The van der Waals surface area contributed by atoms with E-state index >= 15 is 0 Å². The van der Waals surface area contributed by atoms with Crippen molar-refractivity contribution in [3.8, 4) is 5.75 Å². The number of hydrogen-bond donors (Lipinski definition) is 1. The van der Waals surface area contributed by atoms with Gasteiger partial charge in [0.2, 0.25) is 0 Å². The lowest BCUT2D eigenvalue weighted by Gasteiger charge is -2.60. The summed E-state index contributed by atoms with van der Waals surface area (Å²) in [7, 11) is 0. The molecule has 1 heterocycles. The third kappa shape index (κ3) is 2.52. The number of likely N-dealkylation sites (tertiary alicyclic amines) is 1. The molecule has 0 aromatic heterocycles. The van der Waals surface area contributed by atoms with Gasteiger partial charge in [0.15, 0.2) is 0 Å². The van der Waals surface area contributed by atoms with Crippen LogP contribution in [-0.4, -0.2) is 28.5 Å². The number of phenolic OH excluding ortho intramolecular Hbond substituents is 1. The molecule has 0 saturated carbocycles. The van der Waals surface area contributed by atoms with E-state index in [-0.39, 0.29) is 27.8 Å². The molecule has 1 amide bonds. The molecule has 1 aliphatic carbocycles. The molecule has 1 fully saturated rings. The van der Waals surface area contributed by atoms with Crippen molar-refractivity contribution in [2.75, 3.05) is 6.54 Å². The molecule has 0 radical (unpaired) electrons. The van der Waals surface area contributed by atoms with Gasteiger partial charge in [-0.15, -0.1) is 0 Å². The van der Waals surface area contributed by atoms with Crippen LogP contribution in [0.1, 0.15) is 38.3 Å². The second-order valence-electron chi connectivity index (χ2n) is 8.05. The van der Waals surface area contributed by atoms with Gasteiger partial charge in [-0.05, 0) is 41.5 Å². The molecule has 4 heteroatoms. The summed E-state index contributed by atoms with van der Waals surface area (Å²) < 4.78 is 0. The summed E-state index contributed by atoms with van der Waals surface area (Å²) >= 11 is 6.08. The number of fused-ring (bicyclic) bond motifs is 4. The van der Waals surface area contributed by atoms with E-state index in [1.54, 1.807) is 18.2 Å². The van der Waals surface area contributed by atoms with E-state index in [1.165, 1.54) is 5.56 Å². The first kappa shape index (κ1) is 18.8. The fourth-order valence-electron chi connectivity index (χ4n) is 4.72. The quantitative estimate of drug-likeness (QED) is 0.618. The van der Waals surface area contributed by atoms with E-state index in [2.05, 4.69) is 40.0 Å². The molecule has 3 nitrogen and oxygen atoms in total. The standard InChI is InChI=1S/C22H26ClNO2/c1-6-8-15(14(2)23)20(26)24-12-11-22(5)17-9-7-10-18(25)16(17)13-19(24)21(22,3)4/h6-10,19,25H,1-2,11-13H2,3-5H3/b15-8+/t19?,22-/m0/s1. The number of allylic oxidation sites excluding steroid dienone is 2. The molecule has 2 atom stereocenters. The maximum absolute atomic E-state index is 13.2. The summed E-state index contributed by atoms with van der Waals surface area (Å²) in [6, 6.07) is 5.73. The summed E-state index contributed by atoms with van der Waals surface area (Å²) in [6.45, 7) is 14.7. The summed E-state index contributed by atoms with van der Waals surface area (Å²) in [5.74, 6) is 0.191. The monoisotopic (exact) mass is 371 g/mol. The number of hydrogen-bond acceptors (Lipinski definition) is 2. The van der Waals surface area contributed by atoms with Crippen LogP contribution in [0.3, 0.4) is 0 Å². The molecule has 3 rings (SSSR count). The first-order chi connectivity index (χ1) is 12.1. The molecular weight excluding hydrogens is 346 g/mol. The predicted molar refractivity (Wildman–Crippen MR) is 106 cm³/mol. The van der Waals surface area contributed by atoms with E-state index in [0.717, 1.165) is 12.0 Å². The van der Waals surface area contributed by atoms with E-state index in [4.69, 9.17) is 11.6 Å². The summed E-state index contributed by atoms with van der Waals surface area (Å²) in [5.41, 5.74) is 2.28. The summed E-state index contributed by atoms with van der Waals surface area (Å²) in [5, 5.41) is 10.7. The van der Waals surface area contributed by atoms with Crippen molar-refractivity contribution < 1.29 is 9.90 Å². The van der Waals surface area contributed by atoms with Crippen molar-refractivity contribution >= 4 is 17.5 Å². The molecule has 138 valence electrons. The topological polar surface area (TPSA) is 40.5 Å². The minimum atomic E-state index is -0.144. The van der Waals surface area contributed by atoms with Crippen molar-refractivity contribution in [1.82, 2.24) is 4.90 Å². The zero-order chi connectivity index (χ0) is 19.3. The average molecular weight is 372 g/mol. The molecule has 1 aliphatic heterocycles. The normalized spacial score (nSPS) is 26.8. The Hall–Kier alpha value is -2.00. The van der Waals surface area contributed by atoms with E-state index < -0.39 is 0 Å². The second kappa shape index (κ2) is 6.31. The highest BCUT2D eigenvalue weighted by atomic mass is 35.5. The maximum atomic E-state index is 13.2. The number of nitrogens with zero attached hydrogens (tertiary/aromatic N) is 1. The molecule has 0 spiro atoms. The maximum Gasteiger partial charge on any atom is 0.255 e. The highest BCUT2D eigenvalue weighted by molar-refractivity contribution is 6.35. The number of rotatable bonds is 3. The van der Waals surface area contributed by atoms with Crippen molar-refractivity contribution in [3.05, 3.63) is 65.2 Å². The lowest BCUT2D eigenvalue weighted by Crippen LogP contribution is -2.65. The van der Waals surface area contributed by atoms with Crippen LogP contribution >= 0.6 is 11.6 Å². The molecule has 2 bridgehead atoms. The zero-order valence-corrected chi connectivity index (χ0v) is 16.4. The fourth-order valence-corrected chi connectivity index (χ4v) is 4.86. The van der Waals surface area contributed by atoms with E-state index in [0.29, 0.717) is 24.3 Å². The molecular formula is C22H26ClNO2. The third-order valence-corrected chi connectivity index (χ3v) is 6.90. The molecule has 2 aliphatic rings. The van der Waals surface area contributed by atoms with E-state index in [1.807, 2.05) is 11.0 Å². The molecule has 1 saturated heterocycles. The highest BCUT2D eigenvalue weighted by Crippen LogP contribution is 2.57. The first-order valence-electron chi connectivity index (χ1n) is 8.95. The molecule has 26 heavy (non-hydrogen) atoms. The van der Waals surface area contributed by atoms with Crippen LogP contribution < -0.4 is 0 Å². The minimum absolute atomic E-state index is 0.0289. The van der Waals surface area contributed by atoms with Crippen molar-refractivity contribution in [2.45, 2.75) is 45.1 Å². The predicted octanol–water partition coefficient (Wildman–Crippen LogP) is 4.70. The van der Waals surface area contributed by atoms with Gasteiger partial charge in [-0.2, -0.15) is 0 Å². The fraction of sp³-hybridized carbons (Fsp3) is 0.409. The van der Waals surface area contributed by atoms with Crippen LogP contribution in [0.2, 0.25) is 0 Å². The van der Waals surface area contributed by atoms with Gasteiger partial charge in [0.25, 0.3) is 5.91 Å². The van der Waals surface area contributed by atoms with Crippen LogP contribution in [0, 0.1) is 5.41 Å². The first-order valence-corrected chi connectivity index (χ1v) is 9.32. The number of carbonyl (C=O) groups excluding carboxylic acids is 1. The van der Waals surface area contributed by atoms with Gasteiger partial charge in [-0.25, -0.2) is 0 Å². The average Bonchev–Trinajstić information content (AvgIpc) is 2.56. The van der Waals surface area contributed by atoms with Gasteiger partial charge >= 0.3 is 0 Å². The number of carbonyl (C=O) groups is 1. The number of benzene rings is 1. The Labute approximate surface area is 160 Å². The Bertz CT molecular complexity index is 823. The van der Waals surface area contributed by atoms with Crippen LogP contribution in [0.4, 0.5) is 0 Å². The number of halogens is 1. The molecule has 1 N–H and O–H groups in total. The number of amides is 1. The van der Waals surface area contributed by atoms with E-state index in [9.17, 15) is 9.90 Å². The Morgan fingerprint density at radius 3 is 2.69 bits per heavy atom. The van der Waals surface area contributed by atoms with Gasteiger partial charge in [0, 0.05) is 23.0 Å². The van der Waals surface area contributed by atoms with Crippen molar-refractivity contribution in [3.63, 3.8) is 0 Å². The second-order valence-corrected chi connectivity index (χ2v) is 8.50. The zero-order valence-electron chi connectivity index (χ0n) is 15.7. The van der Waals surface area contributed by atoms with Gasteiger partial charge in [-0.1, -0.05) is 63.7 Å². The SMILES string of the molecule is C=C/C=C(\C(=C)Cl)C(=O)N1CC[C@@]2(C)c3cccc(O)c3CC1C2(C)C. The van der Waals surface area contributed by atoms with Gasteiger partial charge in [-0.3, -0.25) is 4.79 Å². The van der Waals surface area contributed by atoms with Gasteiger partial charge in [0.05, 0.1) is 5.57 Å². The Balaban J connectivity index is 2.10. The van der Waals surface area contributed by atoms with Gasteiger partial charge in [0.1, 0.15) is 5.75 Å². The van der Waals surface area contributed by atoms with Crippen molar-refractivity contribution in [1.29, 1.82) is 0 Å². The van der Waals surface area contributed by atoms with Crippen molar-refractivity contribution in [2.24, 2.45) is 5.41 Å². The number of piperidine rings is 1. The smallest absolute Gasteiger partial charge is 0.255 e. The summed E-state index contributed by atoms with van der Waals surface area (Å²) in [6.07, 6.45) is 4.63. The third-order valence-electron chi connectivity index (χ3n) is 6.70. The highest BCUT2D eigenvalue weighted by Gasteiger charge is 2.57. The number of aromatic hydroxyl groups is 1. The molecule has 1 unspecified atom stereocenters. The summed E-state index contributed by atoms with van der Waals surface area (Å²) in [4.78, 5) is 15.1. The lowest BCUT2D eigenvalue weighted by atomic mass is 9.51. The lowest BCUT2D eigenvalue weighted by molar-refractivity contribution is -0.139. The Morgan fingerprint density at radius 1 is 1.38 bits per heavy atom. The molecule has 1 aromatic carbocycles. The Morgan fingerprint density at radius 2 is 2.08 bits per heavy atom. The Kier molecular flexibility index (Phi) is 4.56. The van der Waals surface area contributed by atoms with Crippen LogP contribution in [0.5, 0.6) is 5.75 Å². The molecule has 1 aromatic rings.